The largest absolute Gasteiger partial charge is 0.475 e. The first-order valence-corrected chi connectivity index (χ1v) is 9.99. The monoisotopic (exact) mass is 397 g/mol. The van der Waals surface area contributed by atoms with Gasteiger partial charge in [0, 0.05) is 17.4 Å². The van der Waals surface area contributed by atoms with Crippen molar-refractivity contribution in [2.24, 2.45) is 0 Å². The molecule has 1 aliphatic rings. The van der Waals surface area contributed by atoms with Gasteiger partial charge in [0.05, 0.1) is 0 Å². The van der Waals surface area contributed by atoms with Crippen molar-refractivity contribution in [3.8, 4) is 0 Å². The predicted molar refractivity (Wildman–Crippen MR) is 83.2 cm³/mol. The van der Waals surface area contributed by atoms with Gasteiger partial charge >= 0.3 is 5.97 Å². The lowest BCUT2D eigenvalue weighted by atomic mass is 9.96. The summed E-state index contributed by atoms with van der Waals surface area (Å²) in [5.41, 5.74) is 0. The van der Waals surface area contributed by atoms with E-state index in [-0.39, 0.29) is 20.9 Å². The summed E-state index contributed by atoms with van der Waals surface area (Å²) in [6.45, 7) is 0. The fourth-order valence-corrected chi connectivity index (χ4v) is 5.69. The highest BCUT2D eigenvalue weighted by Crippen LogP contribution is 2.30. The van der Waals surface area contributed by atoms with Crippen molar-refractivity contribution in [2.45, 2.75) is 41.9 Å². The van der Waals surface area contributed by atoms with E-state index in [1.54, 1.807) is 11.8 Å². The summed E-state index contributed by atoms with van der Waals surface area (Å²) in [5, 5.41) is 9.09. The molecule has 1 aromatic heterocycles. The van der Waals surface area contributed by atoms with Gasteiger partial charge in [-0.1, -0.05) is 12.8 Å². The molecule has 2 N–H and O–H groups in total. The standard InChI is InChI=1S/C12H16BrNO5S2/c1-20-9-5-3-2-4-7(9)14-21(17,18)10-6-8(12(15)16)19-11(10)13/h6-7,9,14H,2-5H2,1H3,(H,15,16). The van der Waals surface area contributed by atoms with Crippen LogP contribution in [0.2, 0.25) is 0 Å². The van der Waals surface area contributed by atoms with Crippen LogP contribution in [0, 0.1) is 0 Å². The van der Waals surface area contributed by atoms with Gasteiger partial charge < -0.3 is 9.52 Å². The van der Waals surface area contributed by atoms with Crippen LogP contribution in [0.15, 0.2) is 20.0 Å². The highest BCUT2D eigenvalue weighted by atomic mass is 79.9. The maximum atomic E-state index is 12.4. The van der Waals surface area contributed by atoms with Gasteiger partial charge in [0.1, 0.15) is 4.90 Å². The Morgan fingerprint density at radius 3 is 2.71 bits per heavy atom. The summed E-state index contributed by atoms with van der Waals surface area (Å²) in [6.07, 6.45) is 5.81. The van der Waals surface area contributed by atoms with E-state index in [0.29, 0.717) is 0 Å². The first-order chi connectivity index (χ1) is 9.85. The van der Waals surface area contributed by atoms with Gasteiger partial charge in [-0.05, 0) is 35.0 Å². The minimum atomic E-state index is -3.81. The number of nitrogens with one attached hydrogen (secondary N) is 1. The summed E-state index contributed by atoms with van der Waals surface area (Å²) in [6, 6.07) is 0.875. The number of carbonyl (C=O) groups is 1. The van der Waals surface area contributed by atoms with Crippen molar-refractivity contribution in [3.63, 3.8) is 0 Å². The Bertz CT molecular complexity index is 628. The van der Waals surface area contributed by atoms with Crippen LogP contribution in [-0.4, -0.2) is 37.0 Å². The predicted octanol–water partition coefficient (Wildman–Crippen LogP) is 2.69. The molecule has 6 nitrogen and oxygen atoms in total. The van der Waals surface area contributed by atoms with Crippen LogP contribution in [0.1, 0.15) is 36.2 Å². The molecule has 0 spiro atoms. The maximum absolute atomic E-state index is 12.4. The van der Waals surface area contributed by atoms with Crippen molar-refractivity contribution in [2.75, 3.05) is 6.26 Å². The number of hydrogen-bond acceptors (Lipinski definition) is 5. The molecular formula is C12H16BrNO5S2. The average Bonchev–Trinajstić information content (AvgIpc) is 2.82. The Balaban J connectivity index is 2.23. The number of halogens is 1. The average molecular weight is 398 g/mol. The number of aromatic carboxylic acids is 1. The minimum absolute atomic E-state index is 0.0936. The molecule has 0 aromatic carbocycles. The number of furan rings is 1. The molecule has 1 heterocycles. The van der Waals surface area contributed by atoms with Crippen molar-refractivity contribution in [1.82, 2.24) is 4.72 Å². The molecule has 1 aliphatic carbocycles. The third-order valence-corrected chi connectivity index (χ3v) is 6.98. The molecule has 0 saturated heterocycles. The quantitative estimate of drug-likeness (QED) is 0.792. The molecule has 0 radical (unpaired) electrons. The third kappa shape index (κ3) is 3.82. The van der Waals surface area contributed by atoms with E-state index < -0.39 is 21.8 Å². The second-order valence-corrected chi connectivity index (χ2v) is 8.32. The molecule has 118 valence electrons. The molecule has 1 saturated carbocycles. The van der Waals surface area contributed by atoms with E-state index >= 15 is 0 Å². The van der Waals surface area contributed by atoms with Gasteiger partial charge in [0.15, 0.2) is 4.67 Å². The second kappa shape index (κ2) is 6.72. The van der Waals surface area contributed by atoms with Gasteiger partial charge in [-0.3, -0.25) is 0 Å². The highest BCUT2D eigenvalue weighted by Gasteiger charge is 2.31. The maximum Gasteiger partial charge on any atom is 0.371 e. The lowest BCUT2D eigenvalue weighted by molar-refractivity contribution is 0.0661. The summed E-state index contributed by atoms with van der Waals surface area (Å²) in [7, 11) is -3.81. The third-order valence-electron chi connectivity index (χ3n) is 3.47. The van der Waals surface area contributed by atoms with Gasteiger partial charge in [-0.2, -0.15) is 11.8 Å². The number of hydrogen-bond donors (Lipinski definition) is 2. The lowest BCUT2D eigenvalue weighted by Gasteiger charge is -2.30. The second-order valence-electron chi connectivity index (χ2n) is 4.84. The Morgan fingerprint density at radius 2 is 2.14 bits per heavy atom. The molecule has 0 amide bonds. The van der Waals surface area contributed by atoms with E-state index in [0.717, 1.165) is 31.7 Å². The van der Waals surface area contributed by atoms with Crippen LogP contribution in [0.5, 0.6) is 0 Å². The molecule has 2 rings (SSSR count). The first-order valence-electron chi connectivity index (χ1n) is 6.43. The van der Waals surface area contributed by atoms with E-state index in [2.05, 4.69) is 20.7 Å². The summed E-state index contributed by atoms with van der Waals surface area (Å²) < 4.78 is 32.3. The number of carboxylic acids is 1. The van der Waals surface area contributed by atoms with Gasteiger partial charge in [0.2, 0.25) is 15.8 Å². The van der Waals surface area contributed by atoms with Crippen LogP contribution in [0.4, 0.5) is 0 Å². The Labute approximate surface area is 135 Å². The van der Waals surface area contributed by atoms with Crippen molar-refractivity contribution < 1.29 is 22.7 Å². The molecule has 1 aromatic rings. The summed E-state index contributed by atoms with van der Waals surface area (Å²) in [4.78, 5) is 10.7. The Morgan fingerprint density at radius 1 is 1.48 bits per heavy atom. The fourth-order valence-electron chi connectivity index (χ4n) is 2.42. The van der Waals surface area contributed by atoms with Gasteiger partial charge in [0.25, 0.3) is 0 Å². The minimum Gasteiger partial charge on any atom is -0.475 e. The van der Waals surface area contributed by atoms with Crippen LogP contribution in [0.25, 0.3) is 0 Å². The molecule has 9 heteroatoms. The molecule has 21 heavy (non-hydrogen) atoms. The molecule has 1 fully saturated rings. The zero-order valence-electron chi connectivity index (χ0n) is 11.3. The van der Waals surface area contributed by atoms with Crippen molar-refractivity contribution >= 4 is 43.7 Å². The number of thioether (sulfide) groups is 1. The number of sulfonamides is 1. The van der Waals surface area contributed by atoms with Crippen LogP contribution >= 0.6 is 27.7 Å². The number of carboxylic acid groups (broad SMARTS) is 1. The zero-order chi connectivity index (χ0) is 15.6. The first kappa shape index (κ1) is 16.9. The normalized spacial score (nSPS) is 23.1. The number of rotatable bonds is 5. The van der Waals surface area contributed by atoms with Crippen molar-refractivity contribution in [1.29, 1.82) is 0 Å². The van der Waals surface area contributed by atoms with Gasteiger partial charge in [-0.25, -0.2) is 17.9 Å². The smallest absolute Gasteiger partial charge is 0.371 e. The fraction of sp³-hybridized carbons (Fsp3) is 0.583. The topological polar surface area (TPSA) is 96.6 Å². The van der Waals surface area contributed by atoms with E-state index in [1.165, 1.54) is 0 Å². The summed E-state index contributed by atoms with van der Waals surface area (Å²) in [5.74, 6) is -1.72. The highest BCUT2D eigenvalue weighted by molar-refractivity contribution is 9.10. The van der Waals surface area contributed by atoms with Gasteiger partial charge in [-0.15, -0.1) is 0 Å². The molecule has 2 unspecified atom stereocenters. The van der Waals surface area contributed by atoms with E-state index in [1.807, 2.05) is 6.26 Å². The molecule has 0 bridgehead atoms. The van der Waals surface area contributed by atoms with Crippen LogP contribution in [0.3, 0.4) is 0 Å². The Hall–Kier alpha value is -0.510. The SMILES string of the molecule is CSC1CCCCC1NS(=O)(=O)c1cc(C(=O)O)oc1Br. The Kier molecular flexibility index (Phi) is 5.39. The zero-order valence-corrected chi connectivity index (χ0v) is 14.6. The van der Waals surface area contributed by atoms with E-state index in [4.69, 9.17) is 9.52 Å². The summed E-state index contributed by atoms with van der Waals surface area (Å²) >= 11 is 4.61. The molecule has 0 aliphatic heterocycles. The van der Waals surface area contributed by atoms with Crippen LogP contribution in [-0.2, 0) is 10.0 Å². The lowest BCUT2D eigenvalue weighted by Crippen LogP contribution is -2.43. The molecular weight excluding hydrogens is 382 g/mol. The van der Waals surface area contributed by atoms with Crippen LogP contribution < -0.4 is 4.72 Å². The van der Waals surface area contributed by atoms with Crippen molar-refractivity contribution in [3.05, 3.63) is 16.5 Å². The molecule has 2 atom stereocenters. The van der Waals surface area contributed by atoms with E-state index in [9.17, 15) is 13.2 Å².